The van der Waals surface area contributed by atoms with Crippen LogP contribution in [0.4, 0.5) is 0 Å². The van der Waals surface area contributed by atoms with E-state index in [0.717, 1.165) is 13.0 Å². The molecule has 1 heterocycles. The average molecular weight is 247 g/mol. The van der Waals surface area contributed by atoms with Crippen LogP contribution in [0.5, 0.6) is 0 Å². The third kappa shape index (κ3) is 3.56. The highest BCUT2D eigenvalue weighted by molar-refractivity contribution is 5.32. The van der Waals surface area contributed by atoms with Gasteiger partial charge in [-0.25, -0.2) is 0 Å². The van der Waals surface area contributed by atoms with Crippen molar-refractivity contribution >= 4 is 0 Å². The van der Waals surface area contributed by atoms with Crippen molar-refractivity contribution in [3.8, 4) is 0 Å². The Hall–Kier alpha value is -0.860. The van der Waals surface area contributed by atoms with Gasteiger partial charge in [-0.15, -0.1) is 0 Å². The first kappa shape index (κ1) is 13.6. The topological polar surface area (TPSA) is 35.2 Å². The van der Waals surface area contributed by atoms with Gasteiger partial charge >= 0.3 is 0 Å². The van der Waals surface area contributed by atoms with Gasteiger partial charge in [-0.3, -0.25) is 0 Å². The molecule has 1 fully saturated rings. The maximum Gasteiger partial charge on any atom is 0.0576 e. The highest BCUT2D eigenvalue weighted by atomic mass is 16.5. The van der Waals surface area contributed by atoms with Crippen molar-refractivity contribution in [3.05, 3.63) is 34.9 Å². The number of nitrogens with two attached hydrogens (primary N) is 1. The maximum atomic E-state index is 6.29. The number of hydrogen-bond acceptors (Lipinski definition) is 2. The van der Waals surface area contributed by atoms with E-state index in [2.05, 4.69) is 32.0 Å². The lowest BCUT2D eigenvalue weighted by Crippen LogP contribution is -2.13. The van der Waals surface area contributed by atoms with Crippen molar-refractivity contribution in [1.82, 2.24) is 0 Å². The van der Waals surface area contributed by atoms with Gasteiger partial charge in [0.25, 0.3) is 0 Å². The summed E-state index contributed by atoms with van der Waals surface area (Å²) in [5.74, 6) is 0. The largest absolute Gasteiger partial charge is 0.378 e. The van der Waals surface area contributed by atoms with Gasteiger partial charge in [0.05, 0.1) is 6.10 Å². The van der Waals surface area contributed by atoms with Crippen molar-refractivity contribution in [2.24, 2.45) is 5.73 Å². The van der Waals surface area contributed by atoms with Gasteiger partial charge in [-0.2, -0.15) is 0 Å². The molecule has 0 aromatic heterocycles. The Kier molecular flexibility index (Phi) is 4.79. The Morgan fingerprint density at radius 3 is 2.89 bits per heavy atom. The van der Waals surface area contributed by atoms with Crippen molar-refractivity contribution in [3.63, 3.8) is 0 Å². The zero-order valence-corrected chi connectivity index (χ0v) is 11.6. The second kappa shape index (κ2) is 6.35. The summed E-state index contributed by atoms with van der Waals surface area (Å²) < 4.78 is 5.64. The summed E-state index contributed by atoms with van der Waals surface area (Å²) in [7, 11) is 0. The molecule has 2 unspecified atom stereocenters. The van der Waals surface area contributed by atoms with Gasteiger partial charge in [-0.1, -0.05) is 23.8 Å². The Morgan fingerprint density at radius 2 is 2.22 bits per heavy atom. The zero-order valence-electron chi connectivity index (χ0n) is 11.6. The predicted molar refractivity (Wildman–Crippen MR) is 75.7 cm³/mol. The normalized spacial score (nSPS) is 21.2. The van der Waals surface area contributed by atoms with E-state index >= 15 is 0 Å². The fourth-order valence-electron chi connectivity index (χ4n) is 2.83. The summed E-state index contributed by atoms with van der Waals surface area (Å²) in [6.07, 6.45) is 6.35. The van der Waals surface area contributed by atoms with E-state index in [4.69, 9.17) is 10.5 Å². The Labute approximate surface area is 111 Å². The molecule has 2 atom stereocenters. The molecule has 1 aromatic rings. The van der Waals surface area contributed by atoms with Crippen LogP contribution < -0.4 is 5.73 Å². The summed E-state index contributed by atoms with van der Waals surface area (Å²) in [5.41, 5.74) is 10.2. The van der Waals surface area contributed by atoms with Crippen molar-refractivity contribution < 1.29 is 4.74 Å². The van der Waals surface area contributed by atoms with Gasteiger partial charge in [0.2, 0.25) is 0 Å². The molecule has 0 aliphatic carbocycles. The van der Waals surface area contributed by atoms with Gasteiger partial charge in [0.15, 0.2) is 0 Å². The van der Waals surface area contributed by atoms with E-state index in [1.54, 1.807) is 0 Å². The molecule has 18 heavy (non-hydrogen) atoms. The van der Waals surface area contributed by atoms with Crippen LogP contribution in [0.2, 0.25) is 0 Å². The summed E-state index contributed by atoms with van der Waals surface area (Å²) in [4.78, 5) is 0. The van der Waals surface area contributed by atoms with E-state index in [1.807, 2.05) is 0 Å². The summed E-state index contributed by atoms with van der Waals surface area (Å²) in [6.45, 7) is 5.23. The first-order valence-electron chi connectivity index (χ1n) is 7.11. The highest BCUT2D eigenvalue weighted by Crippen LogP contribution is 2.24. The SMILES string of the molecule is Cc1ccc(C(N)CCCC2CCCO2)c(C)c1. The van der Waals surface area contributed by atoms with E-state index in [9.17, 15) is 0 Å². The van der Waals surface area contributed by atoms with Crippen LogP contribution >= 0.6 is 0 Å². The standard InChI is InChI=1S/C16H25NO/c1-12-8-9-15(13(2)11-12)16(17)7-3-5-14-6-4-10-18-14/h8-9,11,14,16H,3-7,10,17H2,1-2H3. The second-order valence-electron chi connectivity index (χ2n) is 5.53. The molecule has 100 valence electrons. The van der Waals surface area contributed by atoms with Gasteiger partial charge in [-0.05, 0) is 57.1 Å². The average Bonchev–Trinajstić information content (AvgIpc) is 2.81. The fraction of sp³-hybridized carbons (Fsp3) is 0.625. The number of rotatable bonds is 5. The fourth-order valence-corrected chi connectivity index (χ4v) is 2.83. The quantitative estimate of drug-likeness (QED) is 0.862. The molecule has 0 radical (unpaired) electrons. The Bertz CT molecular complexity index is 383. The Balaban J connectivity index is 1.81. The molecule has 1 aromatic carbocycles. The maximum absolute atomic E-state index is 6.29. The number of aryl methyl sites for hydroxylation is 2. The second-order valence-corrected chi connectivity index (χ2v) is 5.53. The molecule has 0 saturated carbocycles. The molecule has 0 spiro atoms. The molecule has 1 saturated heterocycles. The molecular weight excluding hydrogens is 222 g/mol. The lowest BCUT2D eigenvalue weighted by molar-refractivity contribution is 0.101. The minimum atomic E-state index is 0.173. The van der Waals surface area contributed by atoms with Gasteiger partial charge in [0, 0.05) is 12.6 Å². The molecule has 0 amide bonds. The molecule has 2 nitrogen and oxygen atoms in total. The first-order valence-corrected chi connectivity index (χ1v) is 7.11. The number of ether oxygens (including phenoxy) is 1. The molecular formula is C16H25NO. The lowest BCUT2D eigenvalue weighted by Gasteiger charge is -2.16. The van der Waals surface area contributed by atoms with Crippen molar-refractivity contribution in [2.75, 3.05) is 6.61 Å². The van der Waals surface area contributed by atoms with E-state index < -0.39 is 0 Å². The number of benzene rings is 1. The molecule has 2 heteroatoms. The molecule has 0 bridgehead atoms. The number of hydrogen-bond donors (Lipinski definition) is 1. The van der Waals surface area contributed by atoms with Crippen LogP contribution in [-0.4, -0.2) is 12.7 Å². The van der Waals surface area contributed by atoms with E-state index in [-0.39, 0.29) is 6.04 Å². The van der Waals surface area contributed by atoms with E-state index in [1.165, 1.54) is 42.4 Å². The van der Waals surface area contributed by atoms with Gasteiger partial charge in [0.1, 0.15) is 0 Å². The lowest BCUT2D eigenvalue weighted by atomic mass is 9.95. The van der Waals surface area contributed by atoms with Crippen LogP contribution in [0.3, 0.4) is 0 Å². The van der Waals surface area contributed by atoms with Crippen LogP contribution in [0.15, 0.2) is 18.2 Å². The smallest absolute Gasteiger partial charge is 0.0576 e. The van der Waals surface area contributed by atoms with Crippen molar-refractivity contribution in [1.29, 1.82) is 0 Å². The van der Waals surface area contributed by atoms with Crippen LogP contribution in [0, 0.1) is 13.8 Å². The molecule has 1 aliphatic rings. The van der Waals surface area contributed by atoms with Crippen LogP contribution in [0.1, 0.15) is 54.8 Å². The molecule has 1 aliphatic heterocycles. The predicted octanol–water partition coefficient (Wildman–Crippen LogP) is 3.65. The summed E-state index contributed by atoms with van der Waals surface area (Å²) >= 11 is 0. The molecule has 2 rings (SSSR count). The minimum Gasteiger partial charge on any atom is -0.378 e. The Morgan fingerprint density at radius 1 is 1.39 bits per heavy atom. The summed E-state index contributed by atoms with van der Waals surface area (Å²) in [6, 6.07) is 6.73. The van der Waals surface area contributed by atoms with Crippen molar-refractivity contribution in [2.45, 2.75) is 58.1 Å². The summed E-state index contributed by atoms with van der Waals surface area (Å²) in [5, 5.41) is 0. The zero-order chi connectivity index (χ0) is 13.0. The third-order valence-corrected chi connectivity index (χ3v) is 3.89. The first-order chi connectivity index (χ1) is 8.66. The highest BCUT2D eigenvalue weighted by Gasteiger charge is 2.16. The third-order valence-electron chi connectivity index (χ3n) is 3.89. The van der Waals surface area contributed by atoms with Gasteiger partial charge < -0.3 is 10.5 Å². The van der Waals surface area contributed by atoms with Crippen LogP contribution in [0.25, 0.3) is 0 Å². The monoisotopic (exact) mass is 247 g/mol. The van der Waals surface area contributed by atoms with Crippen LogP contribution in [-0.2, 0) is 4.74 Å². The molecule has 2 N–H and O–H groups in total. The minimum absolute atomic E-state index is 0.173. The van der Waals surface area contributed by atoms with E-state index in [0.29, 0.717) is 6.10 Å².